The molecular weight excluding hydrogens is 518 g/mol. The number of nitrogens with zero attached hydrogens (tertiary/aromatic N) is 2. The summed E-state index contributed by atoms with van der Waals surface area (Å²) in [5.41, 5.74) is 12.1. The quantitative estimate of drug-likeness (QED) is 0.245. The van der Waals surface area contributed by atoms with Crippen molar-refractivity contribution in [3.63, 3.8) is 0 Å². The molecule has 0 aliphatic carbocycles. The second kappa shape index (κ2) is 11.2. The summed E-state index contributed by atoms with van der Waals surface area (Å²) >= 11 is 0. The van der Waals surface area contributed by atoms with Gasteiger partial charge in [0, 0.05) is 23.5 Å². The number of para-hydroxylation sites is 1. The summed E-state index contributed by atoms with van der Waals surface area (Å²) in [5.74, 6) is -0.182. The number of carbonyl (C=O) groups excluding carboxylic acids is 2. The van der Waals surface area contributed by atoms with Gasteiger partial charge in [-0.3, -0.25) is 9.59 Å². The molecule has 1 aromatic heterocycles. The third kappa shape index (κ3) is 5.14. The highest BCUT2D eigenvalue weighted by atomic mass is 16.2. The van der Waals surface area contributed by atoms with Crippen LogP contribution in [-0.4, -0.2) is 16.4 Å². The van der Waals surface area contributed by atoms with Crippen LogP contribution in [0.25, 0.3) is 11.1 Å². The number of aromatic nitrogens is 1. The molecule has 2 heterocycles. The molecule has 210 valence electrons. The van der Waals surface area contributed by atoms with Crippen LogP contribution < -0.4 is 10.2 Å². The highest BCUT2D eigenvalue weighted by Gasteiger charge is 2.27. The van der Waals surface area contributed by atoms with Crippen molar-refractivity contribution in [1.82, 2.24) is 9.88 Å². The zero-order chi connectivity index (χ0) is 29.4. The summed E-state index contributed by atoms with van der Waals surface area (Å²) in [4.78, 5) is 29.3. The number of amides is 2. The van der Waals surface area contributed by atoms with Crippen LogP contribution in [0.4, 0.5) is 5.69 Å². The Morgan fingerprint density at radius 3 is 2.26 bits per heavy atom. The molecule has 1 N–H and O–H groups in total. The van der Waals surface area contributed by atoms with Crippen LogP contribution in [0.15, 0.2) is 97.1 Å². The zero-order valence-corrected chi connectivity index (χ0v) is 24.6. The molecule has 5 nitrogen and oxygen atoms in total. The molecule has 0 atom stereocenters. The maximum absolute atomic E-state index is 14.1. The Bertz CT molecular complexity index is 1830. The highest BCUT2D eigenvalue weighted by Crippen LogP contribution is 2.32. The number of carbonyl (C=O) groups is 2. The molecule has 0 unspecified atom stereocenters. The summed E-state index contributed by atoms with van der Waals surface area (Å²) in [7, 11) is 0. The van der Waals surface area contributed by atoms with E-state index in [9.17, 15) is 9.59 Å². The van der Waals surface area contributed by atoms with Crippen LogP contribution >= 0.6 is 0 Å². The van der Waals surface area contributed by atoms with E-state index in [2.05, 4.69) is 69.4 Å². The normalized spacial score (nSPS) is 12.3. The van der Waals surface area contributed by atoms with Gasteiger partial charge in [-0.2, -0.15) is 0 Å². The first-order chi connectivity index (χ1) is 20.3. The molecule has 1 aliphatic rings. The van der Waals surface area contributed by atoms with Crippen molar-refractivity contribution in [1.29, 1.82) is 0 Å². The summed E-state index contributed by atoms with van der Waals surface area (Å²) in [5, 5.41) is 3.10. The number of fused-ring (bicyclic) bond motifs is 2. The van der Waals surface area contributed by atoms with Crippen molar-refractivity contribution in [2.24, 2.45) is 0 Å². The molecule has 5 heteroatoms. The minimum absolute atomic E-state index is 0.0580. The maximum atomic E-state index is 14.1. The Morgan fingerprint density at radius 2 is 1.48 bits per heavy atom. The molecule has 2 amide bonds. The first kappa shape index (κ1) is 27.3. The summed E-state index contributed by atoms with van der Waals surface area (Å²) < 4.78 is 2.04. The molecule has 6 rings (SSSR count). The van der Waals surface area contributed by atoms with Crippen molar-refractivity contribution in [2.45, 2.75) is 47.3 Å². The number of anilines is 1. The number of nitrogens with one attached hydrogen (secondary N) is 1. The Labute approximate surface area is 247 Å². The third-order valence-electron chi connectivity index (χ3n) is 8.33. The van der Waals surface area contributed by atoms with E-state index < -0.39 is 0 Å². The van der Waals surface area contributed by atoms with Gasteiger partial charge < -0.3 is 14.8 Å². The van der Waals surface area contributed by atoms with E-state index in [1.807, 2.05) is 70.1 Å². The second-order valence-electron chi connectivity index (χ2n) is 11.3. The highest BCUT2D eigenvalue weighted by molar-refractivity contribution is 6.07. The van der Waals surface area contributed by atoms with Crippen molar-refractivity contribution < 1.29 is 9.59 Å². The average Bonchev–Trinajstić information content (AvgIpc) is 3.29. The van der Waals surface area contributed by atoms with E-state index in [-0.39, 0.29) is 11.8 Å². The second-order valence-corrected chi connectivity index (χ2v) is 11.3. The molecule has 4 aromatic carbocycles. The van der Waals surface area contributed by atoms with Crippen molar-refractivity contribution in [2.75, 3.05) is 4.90 Å². The molecule has 0 saturated heterocycles. The Morgan fingerprint density at radius 1 is 0.714 bits per heavy atom. The third-order valence-corrected chi connectivity index (χ3v) is 8.33. The standard InChI is InChI=1S/C37H35N3O2/c1-24-13-14-29(26(3)19-24)21-38-36(41)35-18-16-31-23-40(34-12-8-6-10-30(34)22-39(31)35)37(42)28-15-17-33(27(4)20-28)32-11-7-5-9-25(32)2/h5-20H,21-23H2,1-4H3,(H,38,41). The van der Waals surface area contributed by atoms with Crippen LogP contribution in [0.1, 0.15) is 59.9 Å². The van der Waals surface area contributed by atoms with Gasteiger partial charge in [0.2, 0.25) is 0 Å². The summed E-state index contributed by atoms with van der Waals surface area (Å²) in [6.45, 7) is 9.65. The van der Waals surface area contributed by atoms with Crippen molar-refractivity contribution >= 4 is 17.5 Å². The number of rotatable bonds is 5. The van der Waals surface area contributed by atoms with Gasteiger partial charge in [0.1, 0.15) is 5.69 Å². The molecule has 1 aliphatic heterocycles. The van der Waals surface area contributed by atoms with Gasteiger partial charge in [-0.05, 0) is 97.0 Å². The zero-order valence-electron chi connectivity index (χ0n) is 24.6. The predicted octanol–water partition coefficient (Wildman–Crippen LogP) is 7.53. The topological polar surface area (TPSA) is 54.3 Å². The molecule has 0 radical (unpaired) electrons. The number of benzene rings is 4. The minimum Gasteiger partial charge on any atom is -0.347 e. The summed E-state index contributed by atoms with van der Waals surface area (Å²) in [6, 6.07) is 32.3. The van der Waals surface area contributed by atoms with Crippen LogP contribution in [0, 0.1) is 27.7 Å². The van der Waals surface area contributed by atoms with E-state index in [0.29, 0.717) is 30.9 Å². The van der Waals surface area contributed by atoms with Crippen molar-refractivity contribution in [3.05, 3.63) is 147 Å². The fraction of sp³-hybridized carbons (Fsp3) is 0.189. The lowest BCUT2D eigenvalue weighted by Crippen LogP contribution is -2.31. The molecule has 0 saturated carbocycles. The predicted molar refractivity (Wildman–Crippen MR) is 169 cm³/mol. The number of hydrogen-bond acceptors (Lipinski definition) is 2. The number of hydrogen-bond donors (Lipinski definition) is 1. The largest absolute Gasteiger partial charge is 0.347 e. The molecule has 5 aromatic rings. The lowest BCUT2D eigenvalue weighted by Gasteiger charge is -2.23. The van der Waals surface area contributed by atoms with Crippen LogP contribution in [0.5, 0.6) is 0 Å². The fourth-order valence-electron chi connectivity index (χ4n) is 5.98. The van der Waals surface area contributed by atoms with E-state index in [0.717, 1.165) is 39.2 Å². The monoisotopic (exact) mass is 553 g/mol. The molecule has 0 fully saturated rings. The number of aryl methyl sites for hydroxylation is 4. The van der Waals surface area contributed by atoms with Crippen LogP contribution in [-0.2, 0) is 19.6 Å². The van der Waals surface area contributed by atoms with Gasteiger partial charge in [-0.15, -0.1) is 0 Å². The SMILES string of the molecule is Cc1ccc(CNC(=O)c2ccc3n2Cc2ccccc2N(C(=O)c2ccc(-c4ccccc4C)c(C)c2)C3)c(C)c1. The molecule has 0 spiro atoms. The molecule has 42 heavy (non-hydrogen) atoms. The smallest absolute Gasteiger partial charge is 0.268 e. The first-order valence-electron chi connectivity index (χ1n) is 14.4. The van der Waals surface area contributed by atoms with Gasteiger partial charge in [-0.25, -0.2) is 0 Å². The van der Waals surface area contributed by atoms with E-state index in [4.69, 9.17) is 0 Å². The van der Waals surface area contributed by atoms with E-state index in [1.165, 1.54) is 16.7 Å². The molecular formula is C37H35N3O2. The Balaban J connectivity index is 1.29. The van der Waals surface area contributed by atoms with E-state index in [1.54, 1.807) is 0 Å². The van der Waals surface area contributed by atoms with Gasteiger partial charge in [-0.1, -0.05) is 72.3 Å². The molecule has 0 bridgehead atoms. The van der Waals surface area contributed by atoms with Crippen LogP contribution in [0.3, 0.4) is 0 Å². The fourth-order valence-corrected chi connectivity index (χ4v) is 5.98. The maximum Gasteiger partial charge on any atom is 0.268 e. The average molecular weight is 554 g/mol. The summed E-state index contributed by atoms with van der Waals surface area (Å²) in [6.07, 6.45) is 0. The minimum atomic E-state index is -0.124. The Hall–Kier alpha value is -4.90. The van der Waals surface area contributed by atoms with Gasteiger partial charge in [0.25, 0.3) is 11.8 Å². The van der Waals surface area contributed by atoms with Gasteiger partial charge >= 0.3 is 0 Å². The Kier molecular flexibility index (Phi) is 7.26. The lowest BCUT2D eigenvalue weighted by molar-refractivity contribution is 0.0941. The van der Waals surface area contributed by atoms with Gasteiger partial charge in [0.15, 0.2) is 0 Å². The van der Waals surface area contributed by atoms with Crippen LogP contribution in [0.2, 0.25) is 0 Å². The van der Waals surface area contributed by atoms with Crippen molar-refractivity contribution in [3.8, 4) is 11.1 Å². The lowest BCUT2D eigenvalue weighted by atomic mass is 9.95. The first-order valence-corrected chi connectivity index (χ1v) is 14.4. The van der Waals surface area contributed by atoms with E-state index >= 15 is 0 Å². The van der Waals surface area contributed by atoms with Gasteiger partial charge in [0.05, 0.1) is 13.1 Å².